The maximum atomic E-state index is 12.5. The molecule has 2 aromatic heterocycles. The summed E-state index contributed by atoms with van der Waals surface area (Å²) in [6, 6.07) is 0.241. The molecule has 2 heterocycles. The molecule has 0 atom stereocenters. The predicted octanol–water partition coefficient (Wildman–Crippen LogP) is 2.23. The van der Waals surface area contributed by atoms with Gasteiger partial charge in [-0.3, -0.25) is 14.2 Å². The molecule has 0 aromatic carbocycles. The average Bonchev–Trinajstić information content (AvgIpc) is 3.12. The molecule has 0 unspecified atom stereocenters. The van der Waals surface area contributed by atoms with E-state index in [1.54, 1.807) is 10.6 Å². The molecule has 8 heteroatoms. The number of nitrogens with one attached hydrogen (secondary N) is 1. The minimum atomic E-state index is -0.226. The van der Waals surface area contributed by atoms with Gasteiger partial charge in [-0.2, -0.15) is 0 Å². The van der Waals surface area contributed by atoms with Crippen LogP contribution in [-0.4, -0.2) is 26.1 Å². The van der Waals surface area contributed by atoms with Crippen LogP contribution in [0.15, 0.2) is 23.8 Å². The lowest BCUT2D eigenvalue weighted by Gasteiger charge is -2.12. The van der Waals surface area contributed by atoms with Crippen molar-refractivity contribution < 1.29 is 4.79 Å². The van der Waals surface area contributed by atoms with Crippen LogP contribution in [0.25, 0.3) is 10.3 Å². The normalized spacial score (nSPS) is 15.1. The Morgan fingerprint density at radius 1 is 1.52 bits per heavy atom. The number of rotatable bonds is 5. The molecule has 0 bridgehead atoms. The molecule has 0 aliphatic heterocycles. The third kappa shape index (κ3) is 3.28. The van der Waals surface area contributed by atoms with Gasteiger partial charge in [0.1, 0.15) is 17.6 Å². The van der Waals surface area contributed by atoms with Crippen molar-refractivity contribution >= 4 is 39.8 Å². The standard InChI is InChI=1S/C15H18N4O2S2/c1-2-7-19-13-12(23-15(19)22)14(21)18(9-16-13)8-11(20)17-10-5-3-4-6-10/h2,9-10H,1,3-8H2,(H,17,20). The number of hydrogen-bond donors (Lipinski definition) is 1. The lowest BCUT2D eigenvalue weighted by molar-refractivity contribution is -0.122. The molecule has 1 N–H and O–H groups in total. The number of nitrogens with zero attached hydrogens (tertiary/aromatic N) is 3. The van der Waals surface area contributed by atoms with E-state index in [0.717, 1.165) is 25.7 Å². The smallest absolute Gasteiger partial charge is 0.273 e. The molecule has 1 amide bonds. The molecule has 1 fully saturated rings. The minimum Gasteiger partial charge on any atom is -0.352 e. The van der Waals surface area contributed by atoms with Crippen molar-refractivity contribution in [2.24, 2.45) is 0 Å². The first kappa shape index (κ1) is 16.1. The zero-order valence-corrected chi connectivity index (χ0v) is 14.3. The Morgan fingerprint density at radius 2 is 2.26 bits per heavy atom. The number of aromatic nitrogens is 3. The second-order valence-corrected chi connectivity index (χ2v) is 7.29. The number of fused-ring (bicyclic) bond motifs is 1. The number of allylic oxidation sites excluding steroid dienone is 1. The topological polar surface area (TPSA) is 68.9 Å². The fourth-order valence-corrected chi connectivity index (χ4v) is 4.19. The van der Waals surface area contributed by atoms with Gasteiger partial charge in [-0.05, 0) is 25.1 Å². The van der Waals surface area contributed by atoms with Crippen molar-refractivity contribution in [3.63, 3.8) is 0 Å². The Morgan fingerprint density at radius 3 is 2.96 bits per heavy atom. The lowest BCUT2D eigenvalue weighted by atomic mass is 10.2. The highest BCUT2D eigenvalue weighted by Crippen LogP contribution is 2.18. The van der Waals surface area contributed by atoms with Gasteiger partial charge < -0.3 is 9.88 Å². The summed E-state index contributed by atoms with van der Waals surface area (Å²) in [5, 5.41) is 2.98. The Kier molecular flexibility index (Phi) is 4.72. The zero-order chi connectivity index (χ0) is 16.4. The Labute approximate surface area is 142 Å². The number of amides is 1. The molecule has 0 saturated heterocycles. The molecule has 3 rings (SSSR count). The Balaban J connectivity index is 1.86. The molecule has 23 heavy (non-hydrogen) atoms. The van der Waals surface area contributed by atoms with E-state index in [1.165, 1.54) is 22.2 Å². The number of hydrogen-bond acceptors (Lipinski definition) is 5. The molecule has 1 aliphatic rings. The Hall–Kier alpha value is -1.80. The third-order valence-corrected chi connectivity index (χ3v) is 5.42. The predicted molar refractivity (Wildman–Crippen MR) is 93.3 cm³/mol. The fraction of sp³-hybridized carbons (Fsp3) is 0.467. The summed E-state index contributed by atoms with van der Waals surface area (Å²) in [6.07, 6.45) is 7.47. The summed E-state index contributed by atoms with van der Waals surface area (Å²) in [7, 11) is 0. The zero-order valence-electron chi connectivity index (χ0n) is 12.7. The van der Waals surface area contributed by atoms with Crippen LogP contribution in [0.3, 0.4) is 0 Å². The molecule has 0 spiro atoms. The van der Waals surface area contributed by atoms with E-state index in [1.807, 2.05) is 0 Å². The molecule has 6 nitrogen and oxygen atoms in total. The summed E-state index contributed by atoms with van der Waals surface area (Å²) in [4.78, 5) is 28.9. The first-order valence-corrected chi connectivity index (χ1v) is 8.81. The van der Waals surface area contributed by atoms with Crippen molar-refractivity contribution in [3.8, 4) is 0 Å². The van der Waals surface area contributed by atoms with E-state index >= 15 is 0 Å². The molecular weight excluding hydrogens is 332 g/mol. The van der Waals surface area contributed by atoms with E-state index in [-0.39, 0.29) is 24.1 Å². The van der Waals surface area contributed by atoms with E-state index < -0.39 is 0 Å². The molecule has 122 valence electrons. The van der Waals surface area contributed by atoms with Gasteiger partial charge in [0.15, 0.2) is 9.60 Å². The van der Waals surface area contributed by atoms with Crippen molar-refractivity contribution in [1.29, 1.82) is 0 Å². The average molecular weight is 350 g/mol. The quantitative estimate of drug-likeness (QED) is 0.663. The van der Waals surface area contributed by atoms with Crippen molar-refractivity contribution in [2.45, 2.75) is 44.8 Å². The summed E-state index contributed by atoms with van der Waals surface area (Å²) in [5.74, 6) is -0.144. The highest BCUT2D eigenvalue weighted by molar-refractivity contribution is 7.73. The van der Waals surface area contributed by atoms with Gasteiger partial charge in [0.25, 0.3) is 5.56 Å². The van der Waals surface area contributed by atoms with E-state index in [9.17, 15) is 9.59 Å². The molecule has 2 aromatic rings. The summed E-state index contributed by atoms with van der Waals surface area (Å²) in [6.45, 7) is 4.19. The second kappa shape index (κ2) is 6.76. The molecule has 0 radical (unpaired) electrons. The first-order chi connectivity index (χ1) is 11.1. The summed E-state index contributed by atoms with van der Waals surface area (Å²) < 4.78 is 4.17. The van der Waals surface area contributed by atoms with Gasteiger partial charge in [-0.25, -0.2) is 4.98 Å². The SMILES string of the molecule is C=CCn1c(=S)sc2c(=O)n(CC(=O)NC3CCCC3)cnc21. The van der Waals surface area contributed by atoms with Crippen LogP contribution in [0.2, 0.25) is 0 Å². The van der Waals surface area contributed by atoms with Gasteiger partial charge in [-0.1, -0.05) is 30.3 Å². The van der Waals surface area contributed by atoms with Crippen LogP contribution in [0.4, 0.5) is 0 Å². The molecule has 1 aliphatic carbocycles. The molecular formula is C15H18N4O2S2. The second-order valence-electron chi connectivity index (χ2n) is 5.65. The number of thiazole rings is 1. The fourth-order valence-electron chi connectivity index (χ4n) is 2.87. The van der Waals surface area contributed by atoms with Crippen LogP contribution in [0.1, 0.15) is 25.7 Å². The number of carbonyl (C=O) groups excluding carboxylic acids is 1. The number of carbonyl (C=O) groups is 1. The van der Waals surface area contributed by atoms with Crippen LogP contribution in [-0.2, 0) is 17.9 Å². The van der Waals surface area contributed by atoms with Gasteiger partial charge >= 0.3 is 0 Å². The lowest BCUT2D eigenvalue weighted by Crippen LogP contribution is -2.37. The van der Waals surface area contributed by atoms with E-state index in [4.69, 9.17) is 12.2 Å². The van der Waals surface area contributed by atoms with Crippen LogP contribution in [0.5, 0.6) is 0 Å². The monoisotopic (exact) mass is 350 g/mol. The summed E-state index contributed by atoms with van der Waals surface area (Å²) in [5.41, 5.74) is 0.327. The maximum absolute atomic E-state index is 12.5. The van der Waals surface area contributed by atoms with E-state index in [2.05, 4.69) is 16.9 Å². The van der Waals surface area contributed by atoms with Crippen LogP contribution in [0, 0.1) is 3.95 Å². The van der Waals surface area contributed by atoms with E-state index in [0.29, 0.717) is 20.8 Å². The van der Waals surface area contributed by atoms with Gasteiger partial charge in [-0.15, -0.1) is 6.58 Å². The third-order valence-electron chi connectivity index (χ3n) is 3.99. The largest absolute Gasteiger partial charge is 0.352 e. The van der Waals surface area contributed by atoms with Gasteiger partial charge in [0.2, 0.25) is 5.91 Å². The molecule has 1 saturated carbocycles. The summed E-state index contributed by atoms with van der Waals surface area (Å²) >= 11 is 6.49. The van der Waals surface area contributed by atoms with Gasteiger partial charge in [0.05, 0.1) is 0 Å². The highest BCUT2D eigenvalue weighted by atomic mass is 32.1. The highest BCUT2D eigenvalue weighted by Gasteiger charge is 2.18. The minimum absolute atomic E-state index is 0.00953. The van der Waals surface area contributed by atoms with Gasteiger partial charge in [0, 0.05) is 12.6 Å². The van der Waals surface area contributed by atoms with Crippen molar-refractivity contribution in [2.75, 3.05) is 0 Å². The maximum Gasteiger partial charge on any atom is 0.273 e. The van der Waals surface area contributed by atoms with Crippen molar-refractivity contribution in [3.05, 3.63) is 33.3 Å². The van der Waals surface area contributed by atoms with Crippen molar-refractivity contribution in [1.82, 2.24) is 19.4 Å². The Bertz CT molecular complexity index is 858. The first-order valence-electron chi connectivity index (χ1n) is 7.59. The van der Waals surface area contributed by atoms with Crippen LogP contribution < -0.4 is 10.9 Å². The van der Waals surface area contributed by atoms with Crippen LogP contribution >= 0.6 is 23.6 Å².